The number of fused-ring (bicyclic) bond motifs is 1. The van der Waals surface area contributed by atoms with Gasteiger partial charge in [0, 0.05) is 6.54 Å². The third kappa shape index (κ3) is 3.98. The fourth-order valence-electron chi connectivity index (χ4n) is 3.79. The van der Waals surface area contributed by atoms with Gasteiger partial charge in [0.2, 0.25) is 0 Å². The van der Waals surface area contributed by atoms with E-state index in [4.69, 9.17) is 0 Å². The standard InChI is InChI=1S/C19H25N3O4/c23-17-16-14(18(24)25)10-6-11-15(16)21-22(17)19(26)20-12-5-4-9-13-7-2-1-3-8-13/h6,10-11,13,21H,1-5,7-9,12H2,(H,20,26)(H,24,25). The lowest BCUT2D eigenvalue weighted by molar-refractivity contribution is 0.0699. The Balaban J connectivity index is 1.56. The average Bonchev–Trinajstić information content (AvgIpc) is 2.99. The quantitative estimate of drug-likeness (QED) is 0.688. The van der Waals surface area contributed by atoms with E-state index < -0.39 is 17.6 Å². The normalized spacial score (nSPS) is 15.2. The minimum absolute atomic E-state index is 0.0208. The van der Waals surface area contributed by atoms with Gasteiger partial charge in [-0.1, -0.05) is 51.0 Å². The van der Waals surface area contributed by atoms with E-state index in [9.17, 15) is 19.5 Å². The second-order valence-corrected chi connectivity index (χ2v) is 7.02. The number of rotatable bonds is 6. The second-order valence-electron chi connectivity index (χ2n) is 7.02. The van der Waals surface area contributed by atoms with Gasteiger partial charge in [-0.3, -0.25) is 9.89 Å². The van der Waals surface area contributed by atoms with Crippen LogP contribution < -0.4 is 10.9 Å². The predicted molar refractivity (Wildman–Crippen MR) is 98.7 cm³/mol. The maximum Gasteiger partial charge on any atom is 0.343 e. The monoisotopic (exact) mass is 359 g/mol. The molecule has 1 aliphatic rings. The van der Waals surface area contributed by atoms with Crippen LogP contribution in [0.2, 0.25) is 0 Å². The van der Waals surface area contributed by atoms with Crippen LogP contribution in [0.4, 0.5) is 4.79 Å². The number of unbranched alkanes of at least 4 members (excludes halogenated alkanes) is 1. The highest BCUT2D eigenvalue weighted by atomic mass is 16.4. The van der Waals surface area contributed by atoms with Crippen molar-refractivity contribution in [3.63, 3.8) is 0 Å². The molecule has 1 aromatic carbocycles. The highest BCUT2D eigenvalue weighted by Crippen LogP contribution is 2.27. The molecule has 1 fully saturated rings. The first-order valence-electron chi connectivity index (χ1n) is 9.33. The van der Waals surface area contributed by atoms with Gasteiger partial charge in [0.1, 0.15) is 0 Å². The fourth-order valence-corrected chi connectivity index (χ4v) is 3.79. The number of carbonyl (C=O) groups is 2. The Kier molecular flexibility index (Phi) is 5.75. The minimum Gasteiger partial charge on any atom is -0.478 e. The Hall–Kier alpha value is -2.57. The molecular weight excluding hydrogens is 334 g/mol. The SMILES string of the molecule is O=C(O)c1cccc2[nH]n(C(=O)NCCCCC3CCCCC3)c(=O)c12. The number of H-pyrrole nitrogens is 1. The first-order chi connectivity index (χ1) is 12.6. The summed E-state index contributed by atoms with van der Waals surface area (Å²) in [5, 5.41) is 14.6. The van der Waals surface area contributed by atoms with Crippen LogP contribution >= 0.6 is 0 Å². The molecule has 0 bridgehead atoms. The summed E-state index contributed by atoms with van der Waals surface area (Å²) < 4.78 is 0.845. The molecule has 1 amide bonds. The van der Waals surface area contributed by atoms with E-state index in [2.05, 4.69) is 10.4 Å². The zero-order valence-electron chi connectivity index (χ0n) is 14.8. The number of hydrogen-bond acceptors (Lipinski definition) is 3. The Bertz CT molecular complexity index is 846. The maximum absolute atomic E-state index is 12.4. The number of aromatic nitrogens is 2. The third-order valence-electron chi connectivity index (χ3n) is 5.19. The lowest BCUT2D eigenvalue weighted by Gasteiger charge is -2.21. The summed E-state index contributed by atoms with van der Waals surface area (Å²) >= 11 is 0. The number of nitrogens with one attached hydrogen (secondary N) is 2. The van der Waals surface area contributed by atoms with Gasteiger partial charge in [-0.25, -0.2) is 9.59 Å². The fraction of sp³-hybridized carbons (Fsp3) is 0.526. The number of aromatic carboxylic acids is 1. The van der Waals surface area contributed by atoms with E-state index >= 15 is 0 Å². The highest BCUT2D eigenvalue weighted by molar-refractivity contribution is 6.03. The third-order valence-corrected chi connectivity index (χ3v) is 5.19. The smallest absolute Gasteiger partial charge is 0.343 e. The number of benzene rings is 1. The van der Waals surface area contributed by atoms with Crippen molar-refractivity contribution in [2.75, 3.05) is 6.54 Å². The van der Waals surface area contributed by atoms with Crippen LogP contribution in [0.1, 0.15) is 61.7 Å². The van der Waals surface area contributed by atoms with Gasteiger partial charge in [0.05, 0.1) is 16.5 Å². The zero-order valence-corrected chi connectivity index (χ0v) is 14.8. The summed E-state index contributed by atoms with van der Waals surface area (Å²) in [5.41, 5.74) is -0.414. The van der Waals surface area contributed by atoms with Gasteiger partial charge < -0.3 is 10.4 Å². The molecule has 1 aromatic heterocycles. The average molecular weight is 359 g/mol. The van der Waals surface area contributed by atoms with E-state index in [1.165, 1.54) is 50.7 Å². The van der Waals surface area contributed by atoms with Crippen molar-refractivity contribution in [1.82, 2.24) is 15.1 Å². The highest BCUT2D eigenvalue weighted by Gasteiger charge is 2.18. The second kappa shape index (κ2) is 8.21. The van der Waals surface area contributed by atoms with Gasteiger partial charge in [-0.05, 0) is 24.5 Å². The van der Waals surface area contributed by atoms with E-state index in [-0.39, 0.29) is 10.9 Å². The van der Waals surface area contributed by atoms with Gasteiger partial charge >= 0.3 is 12.0 Å². The number of carbonyl (C=O) groups excluding carboxylic acids is 1. The summed E-state index contributed by atoms with van der Waals surface area (Å²) in [6.07, 6.45) is 9.81. The minimum atomic E-state index is -1.19. The van der Waals surface area contributed by atoms with Crippen LogP contribution in [-0.4, -0.2) is 33.4 Å². The molecule has 7 heteroatoms. The molecule has 0 radical (unpaired) electrons. The molecule has 0 spiro atoms. The molecule has 1 heterocycles. The van der Waals surface area contributed by atoms with Crippen molar-refractivity contribution in [3.05, 3.63) is 34.1 Å². The van der Waals surface area contributed by atoms with Crippen molar-refractivity contribution in [2.45, 2.75) is 51.4 Å². The van der Waals surface area contributed by atoms with E-state index in [1.54, 1.807) is 6.07 Å². The Morgan fingerprint density at radius 1 is 1.19 bits per heavy atom. The van der Waals surface area contributed by atoms with Crippen LogP contribution in [0.15, 0.2) is 23.0 Å². The summed E-state index contributed by atoms with van der Waals surface area (Å²) in [7, 11) is 0. The largest absolute Gasteiger partial charge is 0.478 e. The molecular formula is C19H25N3O4. The first-order valence-corrected chi connectivity index (χ1v) is 9.33. The summed E-state index contributed by atoms with van der Waals surface area (Å²) in [5.74, 6) is -0.368. The van der Waals surface area contributed by atoms with Gasteiger partial charge in [0.15, 0.2) is 0 Å². The van der Waals surface area contributed by atoms with E-state index in [0.717, 1.165) is 23.4 Å². The number of nitrogens with zero attached hydrogens (tertiary/aromatic N) is 1. The van der Waals surface area contributed by atoms with E-state index in [0.29, 0.717) is 12.1 Å². The maximum atomic E-state index is 12.4. The first kappa shape index (κ1) is 18.2. The molecule has 0 saturated heterocycles. The number of carboxylic acid groups (broad SMARTS) is 1. The molecule has 0 aliphatic heterocycles. The van der Waals surface area contributed by atoms with Gasteiger partial charge in [0.25, 0.3) is 5.56 Å². The van der Waals surface area contributed by atoms with Crippen LogP contribution in [0.3, 0.4) is 0 Å². The number of carboxylic acids is 1. The van der Waals surface area contributed by atoms with Crippen molar-refractivity contribution in [3.8, 4) is 0 Å². The molecule has 140 valence electrons. The summed E-state index contributed by atoms with van der Waals surface area (Å²) in [6.45, 7) is 0.499. The molecule has 1 saturated carbocycles. The van der Waals surface area contributed by atoms with Crippen molar-refractivity contribution in [2.24, 2.45) is 5.92 Å². The number of aromatic amines is 1. The molecule has 0 unspecified atom stereocenters. The predicted octanol–water partition coefficient (Wildman–Crippen LogP) is 3.34. The molecule has 3 rings (SSSR count). The van der Waals surface area contributed by atoms with Gasteiger partial charge in [-0.15, -0.1) is 0 Å². The summed E-state index contributed by atoms with van der Waals surface area (Å²) in [4.78, 5) is 35.9. The van der Waals surface area contributed by atoms with Crippen LogP contribution in [0, 0.1) is 5.92 Å². The van der Waals surface area contributed by atoms with Gasteiger partial charge in [-0.2, -0.15) is 4.68 Å². The Morgan fingerprint density at radius 3 is 2.69 bits per heavy atom. The zero-order chi connectivity index (χ0) is 18.5. The lowest BCUT2D eigenvalue weighted by Crippen LogP contribution is -2.36. The number of amides is 1. The topological polar surface area (TPSA) is 104 Å². The molecule has 3 N–H and O–H groups in total. The molecule has 1 aliphatic carbocycles. The van der Waals surface area contributed by atoms with Crippen LogP contribution in [0.25, 0.3) is 10.9 Å². The molecule has 2 aromatic rings. The molecule has 7 nitrogen and oxygen atoms in total. The molecule has 26 heavy (non-hydrogen) atoms. The van der Waals surface area contributed by atoms with Crippen molar-refractivity contribution >= 4 is 22.9 Å². The Labute approximate surface area is 151 Å². The number of hydrogen-bond donors (Lipinski definition) is 3. The van der Waals surface area contributed by atoms with Crippen LogP contribution in [-0.2, 0) is 0 Å². The lowest BCUT2D eigenvalue weighted by atomic mass is 9.86. The van der Waals surface area contributed by atoms with E-state index in [1.807, 2.05) is 0 Å². The summed E-state index contributed by atoms with van der Waals surface area (Å²) in [6, 6.07) is 3.92. The van der Waals surface area contributed by atoms with Crippen LogP contribution in [0.5, 0.6) is 0 Å². The van der Waals surface area contributed by atoms with Crippen molar-refractivity contribution < 1.29 is 14.7 Å². The van der Waals surface area contributed by atoms with Crippen molar-refractivity contribution in [1.29, 1.82) is 0 Å². The molecule has 0 atom stereocenters. The Morgan fingerprint density at radius 2 is 1.96 bits per heavy atom.